The van der Waals surface area contributed by atoms with Crippen LogP contribution in [-0.4, -0.2) is 24.7 Å². The monoisotopic (exact) mass is 266 g/mol. The van der Waals surface area contributed by atoms with E-state index < -0.39 is 0 Å². The Labute approximate surface area is 113 Å². The molecule has 2 heterocycles. The van der Waals surface area contributed by atoms with Gasteiger partial charge in [-0.05, 0) is 39.2 Å². The average Bonchev–Trinajstić information content (AvgIpc) is 3.15. The van der Waals surface area contributed by atoms with Gasteiger partial charge in [0.25, 0.3) is 0 Å². The second-order valence-electron chi connectivity index (χ2n) is 5.41. The third kappa shape index (κ3) is 2.92. The zero-order valence-corrected chi connectivity index (χ0v) is 11.9. The van der Waals surface area contributed by atoms with Crippen molar-refractivity contribution in [2.75, 3.05) is 13.7 Å². The van der Waals surface area contributed by atoms with E-state index in [-0.39, 0.29) is 0 Å². The SMILES string of the molecule is CNCc1sc(CC2CCCCO2)nc1C1CC1. The fraction of sp³-hybridized carbons (Fsp3) is 0.786. The lowest BCUT2D eigenvalue weighted by molar-refractivity contribution is 0.0167. The number of aromatic nitrogens is 1. The number of thiazole rings is 1. The van der Waals surface area contributed by atoms with Crippen LogP contribution in [0.2, 0.25) is 0 Å². The maximum atomic E-state index is 5.82. The van der Waals surface area contributed by atoms with Crippen LogP contribution in [0.1, 0.15) is 53.6 Å². The minimum absolute atomic E-state index is 0.416. The van der Waals surface area contributed by atoms with E-state index >= 15 is 0 Å². The first-order valence-electron chi connectivity index (χ1n) is 7.11. The van der Waals surface area contributed by atoms with Crippen molar-refractivity contribution in [2.24, 2.45) is 0 Å². The summed E-state index contributed by atoms with van der Waals surface area (Å²) in [7, 11) is 2.01. The van der Waals surface area contributed by atoms with Crippen LogP contribution in [-0.2, 0) is 17.7 Å². The molecule has 18 heavy (non-hydrogen) atoms. The second kappa shape index (κ2) is 5.68. The molecular weight excluding hydrogens is 244 g/mol. The molecule has 1 aromatic heterocycles. The van der Waals surface area contributed by atoms with E-state index in [0.29, 0.717) is 6.10 Å². The topological polar surface area (TPSA) is 34.1 Å². The molecule has 0 spiro atoms. The second-order valence-corrected chi connectivity index (χ2v) is 6.58. The predicted octanol–water partition coefficient (Wildman–Crippen LogP) is 2.85. The zero-order chi connectivity index (χ0) is 12.4. The summed E-state index contributed by atoms with van der Waals surface area (Å²) >= 11 is 1.89. The van der Waals surface area contributed by atoms with Gasteiger partial charge < -0.3 is 10.1 Å². The molecule has 1 aromatic rings. The number of nitrogens with one attached hydrogen (secondary N) is 1. The van der Waals surface area contributed by atoms with E-state index in [2.05, 4.69) is 5.32 Å². The van der Waals surface area contributed by atoms with Gasteiger partial charge in [0.1, 0.15) is 0 Å². The number of rotatable bonds is 5. The molecule has 1 aliphatic heterocycles. The molecule has 2 aliphatic rings. The van der Waals surface area contributed by atoms with E-state index in [1.807, 2.05) is 18.4 Å². The van der Waals surface area contributed by atoms with E-state index in [1.165, 1.54) is 47.7 Å². The lowest BCUT2D eigenvalue weighted by Crippen LogP contribution is -2.21. The van der Waals surface area contributed by atoms with Crippen molar-refractivity contribution in [3.8, 4) is 0 Å². The van der Waals surface area contributed by atoms with Crippen LogP contribution in [0.3, 0.4) is 0 Å². The molecule has 2 fully saturated rings. The summed E-state index contributed by atoms with van der Waals surface area (Å²) in [5.74, 6) is 0.755. The van der Waals surface area contributed by atoms with E-state index in [4.69, 9.17) is 9.72 Å². The van der Waals surface area contributed by atoms with E-state index in [9.17, 15) is 0 Å². The van der Waals surface area contributed by atoms with Gasteiger partial charge in [-0.2, -0.15) is 0 Å². The standard InChI is InChI=1S/C14H22N2OS/c1-15-9-12-14(10-5-6-10)16-13(18-12)8-11-4-2-3-7-17-11/h10-11,15H,2-9H2,1H3. The van der Waals surface area contributed by atoms with E-state index in [0.717, 1.165) is 25.5 Å². The highest BCUT2D eigenvalue weighted by Gasteiger charge is 2.29. The molecule has 4 heteroatoms. The predicted molar refractivity (Wildman–Crippen MR) is 74.1 cm³/mol. The minimum atomic E-state index is 0.416. The molecule has 1 atom stereocenters. The van der Waals surface area contributed by atoms with Crippen LogP contribution < -0.4 is 5.32 Å². The van der Waals surface area contributed by atoms with Gasteiger partial charge in [-0.15, -0.1) is 11.3 Å². The molecule has 0 aromatic carbocycles. The Morgan fingerprint density at radius 3 is 2.89 bits per heavy atom. The van der Waals surface area contributed by atoms with Crippen molar-refractivity contribution in [2.45, 2.75) is 57.1 Å². The molecule has 3 nitrogen and oxygen atoms in total. The molecule has 1 unspecified atom stereocenters. The Hall–Kier alpha value is -0.450. The van der Waals surface area contributed by atoms with Crippen LogP contribution in [0.5, 0.6) is 0 Å². The van der Waals surface area contributed by atoms with Crippen molar-refractivity contribution < 1.29 is 4.74 Å². The highest BCUT2D eigenvalue weighted by Crippen LogP contribution is 2.42. The maximum absolute atomic E-state index is 5.82. The third-order valence-electron chi connectivity index (χ3n) is 3.75. The summed E-state index contributed by atoms with van der Waals surface area (Å²) in [6.07, 6.45) is 7.86. The first-order valence-corrected chi connectivity index (χ1v) is 7.93. The Morgan fingerprint density at radius 1 is 1.33 bits per heavy atom. The maximum Gasteiger partial charge on any atom is 0.0957 e. The minimum Gasteiger partial charge on any atom is -0.378 e. The first-order chi connectivity index (χ1) is 8.86. The normalized spacial score (nSPS) is 24.4. The van der Waals surface area contributed by atoms with Crippen LogP contribution in [0.15, 0.2) is 0 Å². The van der Waals surface area contributed by atoms with E-state index in [1.54, 1.807) is 0 Å². The summed E-state index contributed by atoms with van der Waals surface area (Å²) in [6, 6.07) is 0. The van der Waals surface area contributed by atoms with Crippen molar-refractivity contribution in [3.05, 3.63) is 15.6 Å². The zero-order valence-electron chi connectivity index (χ0n) is 11.1. The molecule has 1 N–H and O–H groups in total. The lowest BCUT2D eigenvalue weighted by atomic mass is 10.1. The van der Waals surface area contributed by atoms with Gasteiger partial charge in [0, 0.05) is 30.4 Å². The Kier molecular flexibility index (Phi) is 3.97. The number of hydrogen-bond acceptors (Lipinski definition) is 4. The Morgan fingerprint density at radius 2 is 2.22 bits per heavy atom. The number of nitrogens with zero attached hydrogens (tertiary/aromatic N) is 1. The van der Waals surface area contributed by atoms with Crippen molar-refractivity contribution in [3.63, 3.8) is 0 Å². The van der Waals surface area contributed by atoms with Gasteiger partial charge in [0.15, 0.2) is 0 Å². The summed E-state index contributed by atoms with van der Waals surface area (Å²) in [5.41, 5.74) is 1.38. The highest BCUT2D eigenvalue weighted by atomic mass is 32.1. The first kappa shape index (κ1) is 12.6. The van der Waals surface area contributed by atoms with Gasteiger partial charge in [0.05, 0.1) is 16.8 Å². The van der Waals surface area contributed by atoms with Crippen LogP contribution in [0.4, 0.5) is 0 Å². The van der Waals surface area contributed by atoms with Gasteiger partial charge >= 0.3 is 0 Å². The fourth-order valence-electron chi connectivity index (χ4n) is 2.63. The summed E-state index contributed by atoms with van der Waals surface area (Å²) < 4.78 is 5.82. The molecule has 3 rings (SSSR count). The molecule has 0 bridgehead atoms. The van der Waals surface area contributed by atoms with Gasteiger partial charge in [-0.3, -0.25) is 0 Å². The highest BCUT2D eigenvalue weighted by molar-refractivity contribution is 7.11. The fourth-order valence-corrected chi connectivity index (χ4v) is 3.86. The molecule has 1 saturated carbocycles. The molecule has 1 saturated heterocycles. The Bertz CT molecular complexity index is 394. The summed E-state index contributed by atoms with van der Waals surface area (Å²) in [5, 5.41) is 4.55. The smallest absolute Gasteiger partial charge is 0.0957 e. The molecular formula is C14H22N2OS. The number of ether oxygens (including phenoxy) is 1. The average molecular weight is 266 g/mol. The molecule has 100 valence electrons. The quantitative estimate of drug-likeness (QED) is 0.890. The lowest BCUT2D eigenvalue weighted by Gasteiger charge is -2.21. The van der Waals surface area contributed by atoms with Crippen molar-refractivity contribution in [1.82, 2.24) is 10.3 Å². The van der Waals surface area contributed by atoms with Crippen LogP contribution in [0.25, 0.3) is 0 Å². The third-order valence-corrected chi connectivity index (χ3v) is 4.84. The largest absolute Gasteiger partial charge is 0.378 e. The van der Waals surface area contributed by atoms with Gasteiger partial charge in [-0.25, -0.2) is 4.98 Å². The summed E-state index contributed by atoms with van der Waals surface area (Å²) in [6.45, 7) is 1.91. The molecule has 0 amide bonds. The van der Waals surface area contributed by atoms with Crippen molar-refractivity contribution >= 4 is 11.3 Å². The van der Waals surface area contributed by atoms with Crippen molar-refractivity contribution in [1.29, 1.82) is 0 Å². The summed E-state index contributed by atoms with van der Waals surface area (Å²) in [4.78, 5) is 6.33. The molecule has 0 radical (unpaired) electrons. The van der Waals surface area contributed by atoms with Crippen LogP contribution in [0, 0.1) is 0 Å². The van der Waals surface area contributed by atoms with Gasteiger partial charge in [0.2, 0.25) is 0 Å². The Balaban J connectivity index is 1.69. The van der Waals surface area contributed by atoms with Crippen LogP contribution >= 0.6 is 11.3 Å². The molecule has 1 aliphatic carbocycles. The van der Waals surface area contributed by atoms with Gasteiger partial charge in [-0.1, -0.05) is 0 Å². The number of hydrogen-bond donors (Lipinski definition) is 1.